The Labute approximate surface area is 104 Å². The number of hydrogen-bond donors (Lipinski definition) is 1. The predicted octanol–water partition coefficient (Wildman–Crippen LogP) is 3.46. The minimum absolute atomic E-state index is 0.977. The first-order valence-electron chi connectivity index (χ1n) is 6.56. The van der Waals surface area contributed by atoms with E-state index in [1.165, 1.54) is 35.7 Å². The lowest BCUT2D eigenvalue weighted by molar-refractivity contribution is 0.617. The van der Waals surface area contributed by atoms with Gasteiger partial charge in [-0.25, -0.2) is 0 Å². The van der Waals surface area contributed by atoms with E-state index < -0.39 is 0 Å². The summed E-state index contributed by atoms with van der Waals surface area (Å²) < 4.78 is 2.21. The highest BCUT2D eigenvalue weighted by molar-refractivity contribution is 5.83. The van der Waals surface area contributed by atoms with Crippen LogP contribution in [0.5, 0.6) is 0 Å². The van der Waals surface area contributed by atoms with Gasteiger partial charge in [-0.1, -0.05) is 38.0 Å². The van der Waals surface area contributed by atoms with Crippen LogP contribution in [0.3, 0.4) is 0 Å². The van der Waals surface area contributed by atoms with Crippen molar-refractivity contribution in [3.05, 3.63) is 36.0 Å². The molecule has 92 valence electrons. The minimum atomic E-state index is 0.977. The highest BCUT2D eigenvalue weighted by Gasteiger charge is 2.04. The van der Waals surface area contributed by atoms with Gasteiger partial charge in [0.2, 0.25) is 0 Å². The fourth-order valence-corrected chi connectivity index (χ4v) is 2.29. The average Bonchev–Trinajstić information content (AvgIpc) is 2.67. The van der Waals surface area contributed by atoms with E-state index >= 15 is 0 Å². The molecule has 17 heavy (non-hydrogen) atoms. The van der Waals surface area contributed by atoms with Gasteiger partial charge in [0.25, 0.3) is 0 Å². The number of hydrogen-bond acceptors (Lipinski definition) is 1. The van der Waals surface area contributed by atoms with Crippen molar-refractivity contribution in [2.75, 3.05) is 6.54 Å². The normalized spacial score (nSPS) is 11.2. The van der Waals surface area contributed by atoms with Crippen LogP contribution < -0.4 is 5.32 Å². The van der Waals surface area contributed by atoms with Gasteiger partial charge >= 0.3 is 0 Å². The maximum Gasteiger partial charge on any atom is 0.0481 e. The number of nitrogens with zero attached hydrogens (tertiary/aromatic N) is 1. The number of unbranched alkanes of at least 4 members (excludes halogenated alkanes) is 2. The Morgan fingerprint density at radius 2 is 2.00 bits per heavy atom. The van der Waals surface area contributed by atoms with E-state index in [1.807, 2.05) is 0 Å². The molecule has 2 rings (SSSR count). The molecule has 1 N–H and O–H groups in total. The quantitative estimate of drug-likeness (QED) is 0.752. The molecule has 0 atom stereocenters. The van der Waals surface area contributed by atoms with Crippen molar-refractivity contribution >= 4 is 10.9 Å². The Hall–Kier alpha value is -1.28. The molecule has 0 aliphatic rings. The molecule has 0 fully saturated rings. The number of rotatable bonds is 6. The van der Waals surface area contributed by atoms with E-state index in [-0.39, 0.29) is 0 Å². The lowest BCUT2D eigenvalue weighted by Crippen LogP contribution is -2.14. The van der Waals surface area contributed by atoms with Gasteiger partial charge in [-0.3, -0.25) is 0 Å². The van der Waals surface area contributed by atoms with E-state index in [9.17, 15) is 0 Å². The number of aryl methyl sites for hydroxylation is 1. The second-order valence-corrected chi connectivity index (χ2v) is 4.67. The highest BCUT2D eigenvalue weighted by Crippen LogP contribution is 2.19. The van der Waals surface area contributed by atoms with Crippen molar-refractivity contribution < 1.29 is 0 Å². The van der Waals surface area contributed by atoms with Crippen LogP contribution >= 0.6 is 0 Å². The fraction of sp³-hybridized carbons (Fsp3) is 0.467. The van der Waals surface area contributed by atoms with Gasteiger partial charge in [0, 0.05) is 30.7 Å². The third-order valence-electron chi connectivity index (χ3n) is 3.25. The molecule has 2 aromatic rings. The van der Waals surface area contributed by atoms with Crippen LogP contribution in [-0.4, -0.2) is 11.1 Å². The first-order valence-corrected chi connectivity index (χ1v) is 6.56. The Balaban J connectivity index is 1.99. The number of para-hydroxylation sites is 1. The van der Waals surface area contributed by atoms with Gasteiger partial charge in [0.05, 0.1) is 0 Å². The average molecular weight is 230 g/mol. The second kappa shape index (κ2) is 5.87. The molecule has 0 amide bonds. The summed E-state index contributed by atoms with van der Waals surface area (Å²) >= 11 is 0. The van der Waals surface area contributed by atoms with Crippen LogP contribution in [0.15, 0.2) is 30.5 Å². The van der Waals surface area contributed by atoms with E-state index in [0.717, 1.165) is 13.1 Å². The monoisotopic (exact) mass is 230 g/mol. The molecular formula is C15H22N2. The van der Waals surface area contributed by atoms with Gasteiger partial charge in [0.1, 0.15) is 0 Å². The van der Waals surface area contributed by atoms with E-state index in [2.05, 4.69) is 54.3 Å². The Morgan fingerprint density at radius 3 is 2.82 bits per heavy atom. The molecule has 0 radical (unpaired) electrons. The molecule has 2 heteroatoms. The zero-order chi connectivity index (χ0) is 12.1. The van der Waals surface area contributed by atoms with Crippen molar-refractivity contribution in [2.24, 2.45) is 7.05 Å². The third-order valence-corrected chi connectivity index (χ3v) is 3.25. The number of nitrogens with one attached hydrogen (secondary N) is 1. The largest absolute Gasteiger partial charge is 0.350 e. The molecule has 1 aromatic heterocycles. The van der Waals surface area contributed by atoms with Gasteiger partial charge < -0.3 is 9.88 Å². The van der Waals surface area contributed by atoms with Crippen molar-refractivity contribution in [2.45, 2.75) is 32.7 Å². The van der Waals surface area contributed by atoms with Gasteiger partial charge in [-0.05, 0) is 24.6 Å². The summed E-state index contributed by atoms with van der Waals surface area (Å²) in [5.41, 5.74) is 2.72. The predicted molar refractivity (Wildman–Crippen MR) is 74.2 cm³/mol. The maximum atomic E-state index is 3.53. The third kappa shape index (κ3) is 2.89. The summed E-state index contributed by atoms with van der Waals surface area (Å²) in [4.78, 5) is 0. The molecule has 0 saturated carbocycles. The SMILES string of the molecule is CCCCCNCc1cn(C)c2ccccc12. The van der Waals surface area contributed by atoms with E-state index in [1.54, 1.807) is 0 Å². The van der Waals surface area contributed by atoms with Gasteiger partial charge in [-0.2, -0.15) is 0 Å². The topological polar surface area (TPSA) is 17.0 Å². The molecule has 0 unspecified atom stereocenters. The zero-order valence-corrected chi connectivity index (χ0v) is 10.9. The summed E-state index contributed by atoms with van der Waals surface area (Å²) in [6.45, 7) is 4.34. The molecule has 0 saturated heterocycles. The van der Waals surface area contributed by atoms with Crippen LogP contribution in [0.25, 0.3) is 10.9 Å². The number of aromatic nitrogens is 1. The van der Waals surface area contributed by atoms with Crippen LogP contribution in [0.2, 0.25) is 0 Å². The molecule has 1 aromatic carbocycles. The number of fused-ring (bicyclic) bond motifs is 1. The standard InChI is InChI=1S/C15H22N2/c1-3-4-7-10-16-11-13-12-17(2)15-9-6-5-8-14(13)15/h5-6,8-9,12,16H,3-4,7,10-11H2,1-2H3. The van der Waals surface area contributed by atoms with Gasteiger partial charge in [0.15, 0.2) is 0 Å². The van der Waals surface area contributed by atoms with Crippen LogP contribution in [0.1, 0.15) is 31.7 Å². The smallest absolute Gasteiger partial charge is 0.0481 e. The Kier molecular flexibility index (Phi) is 4.21. The van der Waals surface area contributed by atoms with Crippen LogP contribution in [0.4, 0.5) is 0 Å². The zero-order valence-electron chi connectivity index (χ0n) is 10.9. The van der Waals surface area contributed by atoms with Crippen LogP contribution in [0, 0.1) is 0 Å². The lowest BCUT2D eigenvalue weighted by Gasteiger charge is -2.02. The lowest BCUT2D eigenvalue weighted by atomic mass is 10.2. The van der Waals surface area contributed by atoms with E-state index in [0.29, 0.717) is 0 Å². The highest BCUT2D eigenvalue weighted by atomic mass is 14.9. The maximum absolute atomic E-state index is 3.53. The molecule has 1 heterocycles. The summed E-state index contributed by atoms with van der Waals surface area (Å²) in [5, 5.41) is 4.90. The molecule has 0 aliphatic carbocycles. The van der Waals surface area contributed by atoms with Crippen molar-refractivity contribution in [1.29, 1.82) is 0 Å². The summed E-state index contributed by atoms with van der Waals surface area (Å²) in [7, 11) is 2.11. The van der Waals surface area contributed by atoms with Gasteiger partial charge in [-0.15, -0.1) is 0 Å². The second-order valence-electron chi connectivity index (χ2n) is 4.67. The summed E-state index contributed by atoms with van der Waals surface area (Å²) in [6, 6.07) is 8.60. The summed E-state index contributed by atoms with van der Waals surface area (Å²) in [5.74, 6) is 0. The van der Waals surface area contributed by atoms with E-state index in [4.69, 9.17) is 0 Å². The fourth-order valence-electron chi connectivity index (χ4n) is 2.29. The Morgan fingerprint density at radius 1 is 1.18 bits per heavy atom. The Bertz CT molecular complexity index is 471. The molecule has 2 nitrogen and oxygen atoms in total. The summed E-state index contributed by atoms with van der Waals surface area (Å²) in [6.07, 6.45) is 6.12. The number of benzene rings is 1. The molecule has 0 bridgehead atoms. The van der Waals surface area contributed by atoms with Crippen LogP contribution in [-0.2, 0) is 13.6 Å². The first-order chi connectivity index (χ1) is 8.33. The van der Waals surface area contributed by atoms with Crippen molar-refractivity contribution in [1.82, 2.24) is 9.88 Å². The molecule has 0 aliphatic heterocycles. The molecular weight excluding hydrogens is 208 g/mol. The first kappa shape index (κ1) is 12.2. The van der Waals surface area contributed by atoms with Crippen molar-refractivity contribution in [3.63, 3.8) is 0 Å². The van der Waals surface area contributed by atoms with Crippen molar-refractivity contribution in [3.8, 4) is 0 Å². The minimum Gasteiger partial charge on any atom is -0.350 e. The molecule has 0 spiro atoms.